The molecule has 31 heavy (non-hydrogen) atoms. The number of β-amino-alcohol motifs (C(OH)–C–C–N with tert-alkyl or cyclic N) is 1. The molecule has 168 valence electrons. The highest BCUT2D eigenvalue weighted by molar-refractivity contribution is 7.80. The largest absolute Gasteiger partial charge is 0.395 e. The molecule has 8 heteroatoms. The predicted molar refractivity (Wildman–Crippen MR) is 125 cm³/mol. The standard InChI is InChI=1S/C23H33N5O2S/c1-17-16-19(18(2)27(17)9-5-8-26-11-14-30-15-12-26)22-21(20-6-3-4-7-24-20)25-23(31)28(22)10-13-29/h3-4,6-7,16,21-22,29H,5,8-15H2,1-2H3,(H,25,31)/t21-,22+/m0/s1. The summed E-state index contributed by atoms with van der Waals surface area (Å²) >= 11 is 5.64. The van der Waals surface area contributed by atoms with Gasteiger partial charge in [-0.25, -0.2) is 0 Å². The van der Waals surface area contributed by atoms with Crippen LogP contribution in [0.3, 0.4) is 0 Å². The third-order valence-electron chi connectivity index (χ3n) is 6.43. The number of pyridine rings is 1. The van der Waals surface area contributed by atoms with Gasteiger partial charge >= 0.3 is 0 Å². The molecule has 0 amide bonds. The van der Waals surface area contributed by atoms with E-state index in [9.17, 15) is 5.11 Å². The molecule has 4 rings (SSSR count). The second-order valence-electron chi connectivity index (χ2n) is 8.33. The molecular weight excluding hydrogens is 410 g/mol. The lowest BCUT2D eigenvalue weighted by atomic mass is 9.97. The van der Waals surface area contributed by atoms with Crippen molar-refractivity contribution in [1.29, 1.82) is 0 Å². The minimum atomic E-state index is -0.0393. The number of morpholine rings is 1. The molecule has 0 aliphatic carbocycles. The van der Waals surface area contributed by atoms with Gasteiger partial charge in [-0.15, -0.1) is 0 Å². The van der Waals surface area contributed by atoms with Gasteiger partial charge in [0.2, 0.25) is 0 Å². The highest BCUT2D eigenvalue weighted by Crippen LogP contribution is 2.40. The Labute approximate surface area is 190 Å². The fourth-order valence-electron chi connectivity index (χ4n) is 4.84. The number of nitrogens with zero attached hydrogens (tertiary/aromatic N) is 4. The molecule has 0 bridgehead atoms. The third kappa shape index (κ3) is 4.77. The van der Waals surface area contributed by atoms with Crippen molar-refractivity contribution in [1.82, 2.24) is 24.7 Å². The monoisotopic (exact) mass is 443 g/mol. The Kier molecular flexibility index (Phi) is 7.22. The third-order valence-corrected chi connectivity index (χ3v) is 6.78. The van der Waals surface area contributed by atoms with Crippen LogP contribution in [0.4, 0.5) is 0 Å². The first-order chi connectivity index (χ1) is 15.1. The van der Waals surface area contributed by atoms with Gasteiger partial charge in [-0.05, 0) is 56.2 Å². The summed E-state index contributed by atoms with van der Waals surface area (Å²) in [5.41, 5.74) is 4.74. The van der Waals surface area contributed by atoms with Crippen molar-refractivity contribution >= 4 is 17.3 Å². The van der Waals surface area contributed by atoms with Gasteiger partial charge in [0, 0.05) is 50.3 Å². The van der Waals surface area contributed by atoms with Crippen LogP contribution in [0.25, 0.3) is 0 Å². The number of aromatic nitrogens is 2. The first-order valence-electron chi connectivity index (χ1n) is 11.2. The molecule has 2 fully saturated rings. The maximum Gasteiger partial charge on any atom is 0.170 e. The molecule has 0 radical (unpaired) electrons. The number of thiocarbonyl (C=S) groups is 1. The van der Waals surface area contributed by atoms with Crippen molar-refractivity contribution in [3.8, 4) is 0 Å². The van der Waals surface area contributed by atoms with E-state index in [1.165, 1.54) is 17.0 Å². The van der Waals surface area contributed by atoms with E-state index in [0.717, 1.165) is 51.5 Å². The van der Waals surface area contributed by atoms with Crippen molar-refractivity contribution in [2.45, 2.75) is 38.9 Å². The second-order valence-corrected chi connectivity index (χ2v) is 8.72. The number of hydrogen-bond donors (Lipinski definition) is 2. The summed E-state index contributed by atoms with van der Waals surface area (Å²) in [7, 11) is 0. The van der Waals surface area contributed by atoms with Gasteiger partial charge in [0.05, 0.1) is 37.6 Å². The van der Waals surface area contributed by atoms with Gasteiger partial charge in [-0.3, -0.25) is 9.88 Å². The van der Waals surface area contributed by atoms with Crippen molar-refractivity contribution in [2.75, 3.05) is 46.0 Å². The Morgan fingerprint density at radius 2 is 2.00 bits per heavy atom. The zero-order chi connectivity index (χ0) is 21.8. The molecule has 0 unspecified atom stereocenters. The number of aliphatic hydroxyl groups is 1. The summed E-state index contributed by atoms with van der Waals surface area (Å²) in [5, 5.41) is 13.8. The van der Waals surface area contributed by atoms with Crippen LogP contribution < -0.4 is 5.32 Å². The Bertz CT molecular complexity index is 882. The summed E-state index contributed by atoms with van der Waals surface area (Å²) in [6.07, 6.45) is 2.93. The van der Waals surface area contributed by atoms with Gasteiger partial charge in [-0.2, -0.15) is 0 Å². The number of ether oxygens (including phenoxy) is 1. The highest BCUT2D eigenvalue weighted by atomic mass is 32.1. The van der Waals surface area contributed by atoms with E-state index in [-0.39, 0.29) is 18.7 Å². The summed E-state index contributed by atoms with van der Waals surface area (Å²) in [6.45, 7) is 10.8. The molecular formula is C23H33N5O2S. The Balaban J connectivity index is 1.56. The van der Waals surface area contributed by atoms with Crippen molar-refractivity contribution in [3.63, 3.8) is 0 Å². The number of nitrogens with one attached hydrogen (secondary N) is 1. The molecule has 0 spiro atoms. The van der Waals surface area contributed by atoms with Crippen molar-refractivity contribution in [3.05, 3.63) is 53.1 Å². The lowest BCUT2D eigenvalue weighted by Gasteiger charge is -2.28. The lowest BCUT2D eigenvalue weighted by molar-refractivity contribution is 0.0369. The minimum absolute atomic E-state index is 0.00810. The van der Waals surface area contributed by atoms with E-state index in [1.807, 2.05) is 24.4 Å². The maximum absolute atomic E-state index is 9.67. The lowest BCUT2D eigenvalue weighted by Crippen LogP contribution is -2.37. The van der Waals surface area contributed by atoms with Crippen LogP contribution >= 0.6 is 12.2 Å². The first kappa shape index (κ1) is 22.2. The summed E-state index contributed by atoms with van der Waals surface area (Å²) in [5.74, 6) is 0. The van der Waals surface area contributed by atoms with Crippen LogP contribution in [0.5, 0.6) is 0 Å². The molecule has 4 heterocycles. The molecule has 2 N–H and O–H groups in total. The molecule has 2 aromatic heterocycles. The van der Waals surface area contributed by atoms with Crippen molar-refractivity contribution < 1.29 is 9.84 Å². The summed E-state index contributed by atoms with van der Waals surface area (Å²) < 4.78 is 7.88. The zero-order valence-corrected chi connectivity index (χ0v) is 19.3. The van der Waals surface area contributed by atoms with E-state index >= 15 is 0 Å². The SMILES string of the molecule is Cc1cc([C@@H]2[C@H](c3ccccn3)NC(=S)N2CCO)c(C)n1CCCN1CCOCC1. The second kappa shape index (κ2) is 10.1. The average Bonchev–Trinajstić information content (AvgIpc) is 3.26. The zero-order valence-electron chi connectivity index (χ0n) is 18.5. The molecule has 2 aliphatic heterocycles. The van der Waals surface area contributed by atoms with Gasteiger partial charge in [-0.1, -0.05) is 6.07 Å². The highest BCUT2D eigenvalue weighted by Gasteiger charge is 2.40. The number of aryl methyl sites for hydroxylation is 1. The van der Waals surface area contributed by atoms with Gasteiger partial charge in [0.1, 0.15) is 0 Å². The summed E-state index contributed by atoms with van der Waals surface area (Å²) in [4.78, 5) is 9.18. The fraction of sp³-hybridized carbons (Fsp3) is 0.565. The normalized spacial score (nSPS) is 22.2. The van der Waals surface area contributed by atoms with E-state index in [4.69, 9.17) is 17.0 Å². The van der Waals surface area contributed by atoms with E-state index in [2.05, 4.69) is 44.6 Å². The molecule has 2 aromatic rings. The molecule has 0 aromatic carbocycles. The number of rotatable bonds is 8. The maximum atomic E-state index is 9.67. The van der Waals surface area contributed by atoms with Gasteiger partial charge < -0.3 is 24.6 Å². The van der Waals surface area contributed by atoms with Gasteiger partial charge in [0.15, 0.2) is 5.11 Å². The van der Waals surface area contributed by atoms with Crippen LogP contribution in [-0.4, -0.2) is 75.6 Å². The Morgan fingerprint density at radius 3 is 2.71 bits per heavy atom. The smallest absolute Gasteiger partial charge is 0.170 e. The van der Waals surface area contributed by atoms with E-state index < -0.39 is 0 Å². The van der Waals surface area contributed by atoms with Crippen LogP contribution in [-0.2, 0) is 11.3 Å². The molecule has 2 atom stereocenters. The quantitative estimate of drug-likeness (QED) is 0.606. The van der Waals surface area contributed by atoms with Crippen molar-refractivity contribution in [2.24, 2.45) is 0 Å². The van der Waals surface area contributed by atoms with E-state index in [1.54, 1.807) is 0 Å². The fourth-order valence-corrected chi connectivity index (χ4v) is 5.17. The molecule has 0 saturated carbocycles. The first-order valence-corrected chi connectivity index (χ1v) is 11.6. The number of aliphatic hydroxyl groups excluding tert-OH is 1. The van der Waals surface area contributed by atoms with Gasteiger partial charge in [0.25, 0.3) is 0 Å². The number of hydrogen-bond acceptors (Lipinski definition) is 5. The van der Waals surface area contributed by atoms with Crippen LogP contribution in [0.15, 0.2) is 30.5 Å². The topological polar surface area (TPSA) is 65.8 Å². The summed E-state index contributed by atoms with van der Waals surface area (Å²) in [6, 6.07) is 8.23. The molecule has 2 saturated heterocycles. The minimum Gasteiger partial charge on any atom is -0.395 e. The van der Waals surface area contributed by atoms with E-state index in [0.29, 0.717) is 11.7 Å². The van der Waals surface area contributed by atoms with Crippen LogP contribution in [0.2, 0.25) is 0 Å². The Morgan fingerprint density at radius 1 is 1.19 bits per heavy atom. The predicted octanol–water partition coefficient (Wildman–Crippen LogP) is 2.19. The van der Waals surface area contributed by atoms with Crippen LogP contribution in [0.1, 0.15) is 41.1 Å². The molecule has 2 aliphatic rings. The average molecular weight is 444 g/mol. The van der Waals surface area contributed by atoms with Crippen LogP contribution in [0, 0.1) is 13.8 Å². The Hall–Kier alpha value is -2.00. The molecule has 7 nitrogen and oxygen atoms in total.